The van der Waals surface area contributed by atoms with Crippen LogP contribution in [0.3, 0.4) is 0 Å². The molecule has 17 heavy (non-hydrogen) atoms. The molecule has 0 aliphatic rings. The Hall–Kier alpha value is -1.62. The summed E-state index contributed by atoms with van der Waals surface area (Å²) in [5, 5.41) is 0. The summed E-state index contributed by atoms with van der Waals surface area (Å²) in [6, 6.07) is 3.34. The second-order valence-corrected chi connectivity index (χ2v) is 4.36. The maximum atomic E-state index is 12.0. The average Bonchev–Trinajstić information content (AvgIpc) is 2.28. The van der Waals surface area contributed by atoms with Crippen molar-refractivity contribution in [2.24, 2.45) is 0 Å². The Morgan fingerprint density at radius 3 is 2.53 bits per heavy atom. The Balaban J connectivity index is 2.49. The lowest BCUT2D eigenvalue weighted by Crippen LogP contribution is -2.29. The lowest BCUT2D eigenvalue weighted by atomic mass is 10.2. The third-order valence-electron chi connectivity index (χ3n) is 2.48. The molecule has 0 radical (unpaired) electrons. The maximum absolute atomic E-state index is 12.0. The Morgan fingerprint density at radius 1 is 1.29 bits per heavy atom. The number of carbonyl (C=O) groups excluding carboxylic acids is 1. The summed E-state index contributed by atoms with van der Waals surface area (Å²) in [7, 11) is 5.84. The van der Waals surface area contributed by atoms with Crippen LogP contribution in [0, 0.1) is 0 Å². The molecular formula is C12H20N4O. The molecule has 2 N–H and O–H groups in total. The average molecular weight is 236 g/mol. The van der Waals surface area contributed by atoms with Crippen molar-refractivity contribution in [3.63, 3.8) is 0 Å². The summed E-state index contributed by atoms with van der Waals surface area (Å²) in [4.78, 5) is 19.7. The minimum Gasteiger partial charge on any atom is -0.384 e. The van der Waals surface area contributed by atoms with Crippen molar-refractivity contribution < 1.29 is 4.79 Å². The first-order valence-electron chi connectivity index (χ1n) is 5.62. The quantitative estimate of drug-likeness (QED) is 0.817. The molecular weight excluding hydrogens is 216 g/mol. The Morgan fingerprint density at radius 2 is 2.00 bits per heavy atom. The third kappa shape index (κ3) is 4.40. The van der Waals surface area contributed by atoms with Crippen molar-refractivity contribution in [3.05, 3.63) is 23.9 Å². The van der Waals surface area contributed by atoms with Gasteiger partial charge in [-0.15, -0.1) is 0 Å². The number of aromatic nitrogens is 1. The summed E-state index contributed by atoms with van der Waals surface area (Å²) in [5.41, 5.74) is 6.05. The second kappa shape index (κ2) is 6.20. The van der Waals surface area contributed by atoms with Gasteiger partial charge in [-0.1, -0.05) is 0 Å². The van der Waals surface area contributed by atoms with Crippen LogP contribution in [0.15, 0.2) is 18.3 Å². The van der Waals surface area contributed by atoms with Crippen LogP contribution in [0.2, 0.25) is 0 Å². The van der Waals surface area contributed by atoms with E-state index in [4.69, 9.17) is 5.73 Å². The lowest BCUT2D eigenvalue weighted by Gasteiger charge is -2.18. The first kappa shape index (κ1) is 13.4. The highest BCUT2D eigenvalue weighted by molar-refractivity contribution is 5.93. The molecule has 0 spiro atoms. The van der Waals surface area contributed by atoms with Gasteiger partial charge < -0.3 is 15.5 Å². The van der Waals surface area contributed by atoms with Crippen LogP contribution in [0.5, 0.6) is 0 Å². The predicted octanol–water partition coefficient (Wildman–Crippen LogP) is 0.687. The van der Waals surface area contributed by atoms with E-state index in [2.05, 4.69) is 9.88 Å². The van der Waals surface area contributed by atoms with E-state index in [-0.39, 0.29) is 5.91 Å². The summed E-state index contributed by atoms with van der Waals surface area (Å²) in [6.45, 7) is 1.71. The van der Waals surface area contributed by atoms with Crippen LogP contribution < -0.4 is 5.73 Å². The van der Waals surface area contributed by atoms with Crippen molar-refractivity contribution in [1.82, 2.24) is 14.8 Å². The second-order valence-electron chi connectivity index (χ2n) is 4.36. The molecule has 1 aromatic heterocycles. The highest BCUT2D eigenvalue weighted by Gasteiger charge is 2.11. The number of carbonyl (C=O) groups is 1. The molecule has 0 bridgehead atoms. The molecule has 0 aliphatic heterocycles. The number of nitrogen functional groups attached to an aromatic ring is 1. The van der Waals surface area contributed by atoms with Crippen molar-refractivity contribution in [3.8, 4) is 0 Å². The van der Waals surface area contributed by atoms with E-state index in [0.29, 0.717) is 11.4 Å². The van der Waals surface area contributed by atoms with Gasteiger partial charge in [0, 0.05) is 19.8 Å². The number of nitrogens with two attached hydrogens (primary N) is 1. The molecule has 5 heteroatoms. The zero-order chi connectivity index (χ0) is 12.8. The highest BCUT2D eigenvalue weighted by Crippen LogP contribution is 2.05. The van der Waals surface area contributed by atoms with Gasteiger partial charge >= 0.3 is 0 Å². The van der Waals surface area contributed by atoms with E-state index in [0.717, 1.165) is 19.5 Å². The molecule has 0 atom stereocenters. The Bertz CT molecular complexity index is 361. The minimum atomic E-state index is -0.0174. The van der Waals surface area contributed by atoms with Crippen LogP contribution in [0.4, 0.5) is 5.82 Å². The van der Waals surface area contributed by atoms with Crippen molar-refractivity contribution in [1.29, 1.82) is 0 Å². The fourth-order valence-corrected chi connectivity index (χ4v) is 1.48. The van der Waals surface area contributed by atoms with Crippen LogP contribution in [-0.2, 0) is 0 Å². The Labute approximate surface area is 102 Å². The molecule has 0 aromatic carbocycles. The summed E-state index contributed by atoms with van der Waals surface area (Å²) in [5.74, 6) is 0.410. The van der Waals surface area contributed by atoms with Gasteiger partial charge in [-0.2, -0.15) is 0 Å². The zero-order valence-corrected chi connectivity index (χ0v) is 10.7. The molecule has 5 nitrogen and oxygen atoms in total. The smallest absolute Gasteiger partial charge is 0.255 e. The van der Waals surface area contributed by atoms with Gasteiger partial charge in [0.2, 0.25) is 0 Å². The van der Waals surface area contributed by atoms with Gasteiger partial charge in [0.05, 0.1) is 5.56 Å². The van der Waals surface area contributed by atoms with Gasteiger partial charge in [0.25, 0.3) is 5.91 Å². The van der Waals surface area contributed by atoms with Crippen molar-refractivity contribution >= 4 is 11.7 Å². The molecule has 0 saturated heterocycles. The molecule has 0 aliphatic carbocycles. The standard InChI is InChI=1S/C12H20N4O/c1-15(2)7-4-8-16(3)12(17)10-5-6-11(13)14-9-10/h5-6,9H,4,7-8H2,1-3H3,(H2,13,14). The maximum Gasteiger partial charge on any atom is 0.255 e. The number of hydrogen-bond donors (Lipinski definition) is 1. The number of rotatable bonds is 5. The summed E-state index contributed by atoms with van der Waals surface area (Å²) < 4.78 is 0. The molecule has 94 valence electrons. The van der Waals surface area contributed by atoms with Gasteiger partial charge in [0.15, 0.2) is 0 Å². The zero-order valence-electron chi connectivity index (χ0n) is 10.7. The molecule has 0 unspecified atom stereocenters. The first-order valence-corrected chi connectivity index (χ1v) is 5.62. The van der Waals surface area contributed by atoms with Gasteiger partial charge in [0.1, 0.15) is 5.82 Å². The molecule has 0 saturated carbocycles. The van der Waals surface area contributed by atoms with Crippen LogP contribution in [0.25, 0.3) is 0 Å². The Kier molecular flexibility index (Phi) is 4.90. The monoisotopic (exact) mass is 236 g/mol. The normalized spacial score (nSPS) is 10.6. The fourth-order valence-electron chi connectivity index (χ4n) is 1.48. The topological polar surface area (TPSA) is 62.5 Å². The molecule has 1 rings (SSSR count). The van der Waals surface area contributed by atoms with E-state index >= 15 is 0 Å². The van der Waals surface area contributed by atoms with E-state index in [1.165, 1.54) is 6.20 Å². The van der Waals surface area contributed by atoms with Crippen molar-refractivity contribution in [2.75, 3.05) is 40.0 Å². The number of pyridine rings is 1. The van der Waals surface area contributed by atoms with E-state index in [9.17, 15) is 4.79 Å². The van der Waals surface area contributed by atoms with Gasteiger partial charge in [-0.25, -0.2) is 4.98 Å². The molecule has 1 heterocycles. The van der Waals surface area contributed by atoms with Gasteiger partial charge in [-0.3, -0.25) is 4.79 Å². The predicted molar refractivity (Wildman–Crippen MR) is 68.8 cm³/mol. The summed E-state index contributed by atoms with van der Waals surface area (Å²) >= 11 is 0. The largest absolute Gasteiger partial charge is 0.384 e. The molecule has 0 fully saturated rings. The van der Waals surface area contributed by atoms with Crippen LogP contribution in [-0.4, -0.2) is 54.9 Å². The fraction of sp³-hybridized carbons (Fsp3) is 0.500. The van der Waals surface area contributed by atoms with E-state index < -0.39 is 0 Å². The number of anilines is 1. The van der Waals surface area contributed by atoms with E-state index in [1.807, 2.05) is 14.1 Å². The van der Waals surface area contributed by atoms with Crippen LogP contribution in [0.1, 0.15) is 16.8 Å². The lowest BCUT2D eigenvalue weighted by molar-refractivity contribution is 0.0790. The first-order chi connectivity index (χ1) is 8.00. The van der Waals surface area contributed by atoms with Crippen LogP contribution >= 0.6 is 0 Å². The number of amides is 1. The van der Waals surface area contributed by atoms with Gasteiger partial charge in [-0.05, 0) is 39.2 Å². The molecule has 1 amide bonds. The minimum absolute atomic E-state index is 0.0174. The van der Waals surface area contributed by atoms with E-state index in [1.54, 1.807) is 24.1 Å². The number of hydrogen-bond acceptors (Lipinski definition) is 4. The summed E-state index contributed by atoms with van der Waals surface area (Å²) in [6.07, 6.45) is 2.47. The van der Waals surface area contributed by atoms with Crippen molar-refractivity contribution in [2.45, 2.75) is 6.42 Å². The highest BCUT2D eigenvalue weighted by atomic mass is 16.2. The number of nitrogens with zero attached hydrogens (tertiary/aromatic N) is 3. The SMILES string of the molecule is CN(C)CCCN(C)C(=O)c1ccc(N)nc1. The molecule has 1 aromatic rings. The third-order valence-corrected chi connectivity index (χ3v) is 2.48.